The van der Waals surface area contributed by atoms with Gasteiger partial charge in [-0.2, -0.15) is 0 Å². The molecule has 0 aliphatic carbocycles. The maximum atomic E-state index is 6.22. The van der Waals surface area contributed by atoms with Gasteiger partial charge in [-0.1, -0.05) is 12.1 Å². The van der Waals surface area contributed by atoms with Crippen LogP contribution in [-0.2, 0) is 0 Å². The molecule has 0 amide bonds. The first-order chi connectivity index (χ1) is 9.83. The largest absolute Gasteiger partial charge is 0.396 e. The zero-order chi connectivity index (χ0) is 13.5. The van der Waals surface area contributed by atoms with Crippen LogP contribution in [0.25, 0.3) is 10.9 Å². The Morgan fingerprint density at radius 1 is 1.00 bits per heavy atom. The molecule has 0 unspecified atom stereocenters. The topological polar surface area (TPSA) is 90.6 Å². The number of H-pyrrole nitrogens is 1. The summed E-state index contributed by atoms with van der Waals surface area (Å²) in [6.45, 7) is 3.42. The van der Waals surface area contributed by atoms with E-state index in [1.807, 2.05) is 6.07 Å². The van der Waals surface area contributed by atoms with E-state index in [2.05, 4.69) is 37.7 Å². The highest BCUT2D eigenvalue weighted by Crippen LogP contribution is 2.26. The van der Waals surface area contributed by atoms with Gasteiger partial charge in [-0.3, -0.25) is 9.98 Å². The molecule has 2 aromatic rings. The van der Waals surface area contributed by atoms with Gasteiger partial charge in [0.1, 0.15) is 17.4 Å². The van der Waals surface area contributed by atoms with Crippen molar-refractivity contribution >= 4 is 28.3 Å². The lowest BCUT2D eigenvalue weighted by Crippen LogP contribution is -2.20. The molecule has 0 bridgehead atoms. The van der Waals surface area contributed by atoms with E-state index >= 15 is 0 Å². The number of hydrogen-bond donors (Lipinski definition) is 4. The average molecular weight is 268 g/mol. The smallest absolute Gasteiger partial charge is 0.147 e. The molecule has 6 heteroatoms. The third-order valence-corrected chi connectivity index (χ3v) is 3.70. The molecular formula is C14H16N6. The van der Waals surface area contributed by atoms with E-state index in [0.29, 0.717) is 0 Å². The van der Waals surface area contributed by atoms with Gasteiger partial charge in [0.05, 0.1) is 18.8 Å². The number of anilines is 1. The molecule has 6 nitrogen and oxygen atoms in total. The van der Waals surface area contributed by atoms with Crippen molar-refractivity contribution in [3.63, 3.8) is 0 Å². The maximum absolute atomic E-state index is 6.22. The molecular weight excluding hydrogens is 252 g/mol. The van der Waals surface area contributed by atoms with Crippen molar-refractivity contribution in [2.24, 2.45) is 9.98 Å². The van der Waals surface area contributed by atoms with Crippen LogP contribution in [0.3, 0.4) is 0 Å². The third kappa shape index (κ3) is 1.65. The van der Waals surface area contributed by atoms with Crippen molar-refractivity contribution in [1.29, 1.82) is 0 Å². The first kappa shape index (κ1) is 11.3. The lowest BCUT2D eigenvalue weighted by Gasteiger charge is -2.02. The van der Waals surface area contributed by atoms with Gasteiger partial charge in [-0.05, 0) is 6.07 Å². The van der Waals surface area contributed by atoms with Crippen molar-refractivity contribution in [1.82, 2.24) is 15.6 Å². The Bertz CT molecular complexity index is 739. The zero-order valence-corrected chi connectivity index (χ0v) is 11.0. The van der Waals surface area contributed by atoms with Crippen LogP contribution in [-0.4, -0.2) is 42.8 Å². The van der Waals surface area contributed by atoms with Crippen LogP contribution < -0.4 is 16.4 Å². The fraction of sp³-hybridized carbons (Fsp3) is 0.286. The molecule has 0 saturated heterocycles. The fourth-order valence-corrected chi connectivity index (χ4v) is 2.71. The molecule has 1 aromatic carbocycles. The van der Waals surface area contributed by atoms with Crippen LogP contribution in [0.4, 0.5) is 5.69 Å². The number of aromatic nitrogens is 1. The van der Waals surface area contributed by atoms with Gasteiger partial charge in [-0.25, -0.2) is 0 Å². The summed E-state index contributed by atoms with van der Waals surface area (Å²) in [6, 6.07) is 6.18. The monoisotopic (exact) mass is 268 g/mol. The van der Waals surface area contributed by atoms with Crippen LogP contribution in [0, 0.1) is 0 Å². The van der Waals surface area contributed by atoms with Crippen LogP contribution in [0.1, 0.15) is 11.3 Å². The van der Waals surface area contributed by atoms with Gasteiger partial charge in [0, 0.05) is 29.6 Å². The van der Waals surface area contributed by atoms with E-state index in [0.717, 1.165) is 65.7 Å². The Kier molecular flexibility index (Phi) is 2.42. The molecule has 0 atom stereocenters. The number of rotatable bonds is 2. The second kappa shape index (κ2) is 4.26. The molecule has 1 aromatic heterocycles. The summed E-state index contributed by atoms with van der Waals surface area (Å²) in [4.78, 5) is 12.2. The summed E-state index contributed by atoms with van der Waals surface area (Å²) in [6.07, 6.45) is 0. The first-order valence-electron chi connectivity index (χ1n) is 6.81. The molecule has 5 N–H and O–H groups in total. The van der Waals surface area contributed by atoms with Crippen molar-refractivity contribution < 1.29 is 0 Å². The molecule has 2 aliphatic rings. The normalized spacial score (nSPS) is 17.8. The number of hydrogen-bond acceptors (Lipinski definition) is 5. The fourth-order valence-electron chi connectivity index (χ4n) is 2.71. The molecule has 4 rings (SSSR count). The van der Waals surface area contributed by atoms with E-state index < -0.39 is 0 Å². The molecule has 0 fully saturated rings. The Morgan fingerprint density at radius 3 is 2.45 bits per heavy atom. The van der Waals surface area contributed by atoms with E-state index in [1.54, 1.807) is 0 Å². The van der Waals surface area contributed by atoms with Crippen molar-refractivity contribution in [3.05, 3.63) is 29.5 Å². The van der Waals surface area contributed by atoms with Gasteiger partial charge < -0.3 is 21.4 Å². The Morgan fingerprint density at radius 2 is 1.75 bits per heavy atom. The molecule has 0 saturated carbocycles. The lowest BCUT2D eigenvalue weighted by atomic mass is 10.1. The second-order valence-corrected chi connectivity index (χ2v) is 4.99. The SMILES string of the molecule is Nc1c(C2=NCCN2)[nH]c2cc(C3=NCCN3)ccc12. The Hall–Kier alpha value is -2.50. The van der Waals surface area contributed by atoms with Crippen molar-refractivity contribution in [2.45, 2.75) is 0 Å². The number of benzene rings is 1. The Balaban J connectivity index is 1.82. The molecule has 20 heavy (non-hydrogen) atoms. The summed E-state index contributed by atoms with van der Waals surface area (Å²) in [5, 5.41) is 7.56. The second-order valence-electron chi connectivity index (χ2n) is 4.99. The predicted octanol–water partition coefficient (Wildman–Crippen LogP) is 0.450. The maximum Gasteiger partial charge on any atom is 0.147 e. The summed E-state index contributed by atoms with van der Waals surface area (Å²) >= 11 is 0. The number of nitrogen functional groups attached to an aromatic ring is 1. The quantitative estimate of drug-likeness (QED) is 0.637. The first-order valence-corrected chi connectivity index (χ1v) is 6.81. The number of fused-ring (bicyclic) bond motifs is 1. The van der Waals surface area contributed by atoms with Crippen molar-refractivity contribution in [3.8, 4) is 0 Å². The summed E-state index contributed by atoms with van der Waals surface area (Å²) in [7, 11) is 0. The van der Waals surface area contributed by atoms with Gasteiger partial charge >= 0.3 is 0 Å². The third-order valence-electron chi connectivity index (χ3n) is 3.70. The van der Waals surface area contributed by atoms with Crippen LogP contribution in [0.15, 0.2) is 28.2 Å². The highest BCUT2D eigenvalue weighted by Gasteiger charge is 2.17. The molecule has 0 radical (unpaired) electrons. The van der Waals surface area contributed by atoms with Crippen LogP contribution in [0.5, 0.6) is 0 Å². The summed E-state index contributed by atoms with van der Waals surface area (Å²) < 4.78 is 0. The van der Waals surface area contributed by atoms with Crippen LogP contribution >= 0.6 is 0 Å². The van der Waals surface area contributed by atoms with E-state index in [-0.39, 0.29) is 0 Å². The van der Waals surface area contributed by atoms with Gasteiger partial charge in [0.2, 0.25) is 0 Å². The minimum Gasteiger partial charge on any atom is -0.396 e. The summed E-state index contributed by atoms with van der Waals surface area (Å²) in [5.74, 6) is 1.81. The van der Waals surface area contributed by atoms with Gasteiger partial charge in [-0.15, -0.1) is 0 Å². The lowest BCUT2D eigenvalue weighted by molar-refractivity contribution is 0.959. The average Bonchev–Trinajstić information content (AvgIpc) is 3.19. The number of nitrogens with one attached hydrogen (secondary N) is 3. The predicted molar refractivity (Wildman–Crippen MR) is 81.5 cm³/mol. The minimum atomic E-state index is 0.751. The molecule has 3 heterocycles. The van der Waals surface area contributed by atoms with Gasteiger partial charge in [0.15, 0.2) is 0 Å². The van der Waals surface area contributed by atoms with E-state index in [4.69, 9.17) is 5.73 Å². The van der Waals surface area contributed by atoms with Crippen molar-refractivity contribution in [2.75, 3.05) is 31.9 Å². The number of nitrogens with two attached hydrogens (primary N) is 1. The molecule has 2 aliphatic heterocycles. The number of amidine groups is 2. The highest BCUT2D eigenvalue weighted by molar-refractivity contribution is 6.11. The number of aliphatic imine (C=N–C) groups is 2. The Labute approximate surface area is 116 Å². The van der Waals surface area contributed by atoms with Gasteiger partial charge in [0.25, 0.3) is 0 Å². The summed E-state index contributed by atoms with van der Waals surface area (Å²) in [5.41, 5.74) is 9.96. The standard InChI is InChI=1S/C14H16N6/c15-11-9-2-1-8(13-16-3-4-17-13)7-10(9)20-12(11)14-18-5-6-19-14/h1-2,7,20H,3-6,15H2,(H,16,17)(H,18,19). The highest BCUT2D eigenvalue weighted by atomic mass is 15.1. The number of nitrogens with zero attached hydrogens (tertiary/aromatic N) is 2. The zero-order valence-electron chi connectivity index (χ0n) is 11.0. The number of aromatic amines is 1. The molecule has 0 spiro atoms. The molecule has 102 valence electrons. The minimum absolute atomic E-state index is 0.751. The van der Waals surface area contributed by atoms with Crippen LogP contribution in [0.2, 0.25) is 0 Å². The van der Waals surface area contributed by atoms with E-state index in [9.17, 15) is 0 Å². The van der Waals surface area contributed by atoms with E-state index in [1.165, 1.54) is 0 Å².